The van der Waals surface area contributed by atoms with Crippen molar-refractivity contribution in [2.75, 3.05) is 6.54 Å². The van der Waals surface area contributed by atoms with Crippen LogP contribution in [0.5, 0.6) is 0 Å². The molecule has 0 bridgehead atoms. The number of rotatable bonds is 3. The van der Waals surface area contributed by atoms with Crippen molar-refractivity contribution < 1.29 is 9.53 Å². The fourth-order valence-electron chi connectivity index (χ4n) is 2.02. The molecular weight excluding hydrogens is 258 g/mol. The lowest BCUT2D eigenvalue weighted by Crippen LogP contribution is -2.29. The van der Waals surface area contributed by atoms with E-state index in [0.717, 1.165) is 4.88 Å². The Kier molecular flexibility index (Phi) is 3.33. The van der Waals surface area contributed by atoms with Crippen LogP contribution in [0.4, 0.5) is 0 Å². The minimum absolute atomic E-state index is 0.0724. The third-order valence-electron chi connectivity index (χ3n) is 2.99. The van der Waals surface area contributed by atoms with Crippen LogP contribution in [0, 0.1) is 0 Å². The van der Waals surface area contributed by atoms with E-state index in [1.807, 2.05) is 29.7 Å². The Hall–Kier alpha value is -2.07. The molecule has 2 heterocycles. The number of carbonyl (C=O) groups is 1. The first-order chi connectivity index (χ1) is 9.34. The standard InChI is InChI=1S/C15H13NO2S/c17-15(12-4-2-1-3-5-12)16-10-13-14-11(6-8-18-13)7-9-19-14/h1-9,13H,10H2,(H,16,17). The SMILES string of the molecule is O=C(NCC1OC=Cc2ccsc21)c1ccccc1. The Bertz CT molecular complexity index is 604. The maximum Gasteiger partial charge on any atom is 0.251 e. The summed E-state index contributed by atoms with van der Waals surface area (Å²) in [5.41, 5.74) is 1.84. The molecule has 3 rings (SSSR count). The fraction of sp³-hybridized carbons (Fsp3) is 0.133. The van der Waals surface area contributed by atoms with Crippen LogP contribution in [0.25, 0.3) is 6.08 Å². The highest BCUT2D eigenvalue weighted by molar-refractivity contribution is 7.10. The summed E-state index contributed by atoms with van der Waals surface area (Å²) in [7, 11) is 0. The Morgan fingerprint density at radius 1 is 1.26 bits per heavy atom. The van der Waals surface area contributed by atoms with Gasteiger partial charge >= 0.3 is 0 Å². The van der Waals surface area contributed by atoms with Gasteiger partial charge in [-0.1, -0.05) is 18.2 Å². The van der Waals surface area contributed by atoms with Gasteiger partial charge in [0.05, 0.1) is 17.7 Å². The van der Waals surface area contributed by atoms with Gasteiger partial charge in [-0.05, 0) is 35.2 Å². The predicted molar refractivity (Wildman–Crippen MR) is 76.0 cm³/mol. The van der Waals surface area contributed by atoms with E-state index in [9.17, 15) is 4.79 Å². The third-order valence-corrected chi connectivity index (χ3v) is 4.02. The van der Waals surface area contributed by atoms with E-state index in [1.54, 1.807) is 29.7 Å². The molecule has 2 aromatic rings. The van der Waals surface area contributed by atoms with Gasteiger partial charge in [0, 0.05) is 5.56 Å². The molecule has 0 spiro atoms. The largest absolute Gasteiger partial charge is 0.491 e. The van der Waals surface area contributed by atoms with Gasteiger partial charge in [-0.15, -0.1) is 11.3 Å². The number of hydrogen-bond donors (Lipinski definition) is 1. The van der Waals surface area contributed by atoms with Crippen molar-refractivity contribution in [3.63, 3.8) is 0 Å². The van der Waals surface area contributed by atoms with Crippen LogP contribution in [0.2, 0.25) is 0 Å². The zero-order chi connectivity index (χ0) is 13.1. The van der Waals surface area contributed by atoms with Crippen LogP contribution >= 0.6 is 11.3 Å². The van der Waals surface area contributed by atoms with Crippen LogP contribution < -0.4 is 5.32 Å². The minimum atomic E-state index is -0.0901. The van der Waals surface area contributed by atoms with Gasteiger partial charge in [0.25, 0.3) is 5.91 Å². The van der Waals surface area contributed by atoms with Crippen LogP contribution in [0.15, 0.2) is 48.0 Å². The van der Waals surface area contributed by atoms with Gasteiger partial charge in [0.15, 0.2) is 0 Å². The lowest BCUT2D eigenvalue weighted by Gasteiger charge is -2.20. The molecule has 0 saturated carbocycles. The third kappa shape index (κ3) is 2.53. The molecule has 1 N–H and O–H groups in total. The van der Waals surface area contributed by atoms with E-state index in [2.05, 4.69) is 11.4 Å². The molecular formula is C15H13NO2S. The Morgan fingerprint density at radius 3 is 2.95 bits per heavy atom. The molecule has 1 amide bonds. The topological polar surface area (TPSA) is 38.3 Å². The molecule has 1 aromatic heterocycles. The van der Waals surface area contributed by atoms with Crippen LogP contribution in [0.3, 0.4) is 0 Å². The predicted octanol–water partition coefficient (Wildman–Crippen LogP) is 3.22. The molecule has 0 aliphatic carbocycles. The van der Waals surface area contributed by atoms with Gasteiger partial charge in [-0.25, -0.2) is 0 Å². The smallest absolute Gasteiger partial charge is 0.251 e. The molecule has 1 aliphatic rings. The van der Waals surface area contributed by atoms with E-state index in [-0.39, 0.29) is 12.0 Å². The monoisotopic (exact) mass is 271 g/mol. The molecule has 4 heteroatoms. The van der Waals surface area contributed by atoms with Crippen molar-refractivity contribution in [2.45, 2.75) is 6.10 Å². The quantitative estimate of drug-likeness (QED) is 0.930. The highest BCUT2D eigenvalue weighted by atomic mass is 32.1. The van der Waals surface area contributed by atoms with E-state index in [1.165, 1.54) is 5.56 Å². The summed E-state index contributed by atoms with van der Waals surface area (Å²) in [6.07, 6.45) is 3.54. The second kappa shape index (κ2) is 5.28. The van der Waals surface area contributed by atoms with Crippen molar-refractivity contribution >= 4 is 23.3 Å². The van der Waals surface area contributed by atoms with E-state index >= 15 is 0 Å². The van der Waals surface area contributed by atoms with E-state index in [4.69, 9.17) is 4.74 Å². The number of thiophene rings is 1. The maximum atomic E-state index is 12.0. The maximum absolute atomic E-state index is 12.0. The lowest BCUT2D eigenvalue weighted by atomic mass is 10.1. The first-order valence-electron chi connectivity index (χ1n) is 6.07. The van der Waals surface area contributed by atoms with Crippen molar-refractivity contribution in [1.29, 1.82) is 0 Å². The number of benzene rings is 1. The zero-order valence-electron chi connectivity index (χ0n) is 10.2. The zero-order valence-corrected chi connectivity index (χ0v) is 11.0. The number of fused-ring (bicyclic) bond motifs is 1. The summed E-state index contributed by atoms with van der Waals surface area (Å²) in [5, 5.41) is 4.95. The number of hydrogen-bond acceptors (Lipinski definition) is 3. The molecule has 19 heavy (non-hydrogen) atoms. The van der Waals surface area contributed by atoms with Crippen molar-refractivity contribution in [1.82, 2.24) is 5.32 Å². The van der Waals surface area contributed by atoms with Gasteiger partial charge in [0.2, 0.25) is 0 Å². The first-order valence-corrected chi connectivity index (χ1v) is 6.95. The Morgan fingerprint density at radius 2 is 2.11 bits per heavy atom. The number of carbonyl (C=O) groups excluding carboxylic acids is 1. The summed E-state index contributed by atoms with van der Waals surface area (Å²) in [6, 6.07) is 11.3. The van der Waals surface area contributed by atoms with Gasteiger partial charge in [-0.3, -0.25) is 4.79 Å². The summed E-state index contributed by atoms with van der Waals surface area (Å²) in [4.78, 5) is 13.1. The summed E-state index contributed by atoms with van der Waals surface area (Å²) in [5.74, 6) is -0.0724. The van der Waals surface area contributed by atoms with E-state index < -0.39 is 0 Å². The van der Waals surface area contributed by atoms with Crippen molar-refractivity contribution in [3.8, 4) is 0 Å². The minimum Gasteiger partial charge on any atom is -0.491 e. The Balaban J connectivity index is 1.65. The Labute approximate surface area is 115 Å². The van der Waals surface area contributed by atoms with Crippen LogP contribution in [-0.4, -0.2) is 12.5 Å². The molecule has 3 nitrogen and oxygen atoms in total. The van der Waals surface area contributed by atoms with Gasteiger partial charge in [0.1, 0.15) is 6.10 Å². The van der Waals surface area contributed by atoms with E-state index in [0.29, 0.717) is 12.1 Å². The molecule has 1 atom stereocenters. The number of nitrogens with one attached hydrogen (secondary N) is 1. The average molecular weight is 271 g/mol. The fourth-order valence-corrected chi connectivity index (χ4v) is 2.94. The molecule has 1 aromatic carbocycles. The van der Waals surface area contributed by atoms with Crippen LogP contribution in [-0.2, 0) is 4.74 Å². The van der Waals surface area contributed by atoms with Gasteiger partial charge < -0.3 is 10.1 Å². The summed E-state index contributed by atoms with van der Waals surface area (Å²) < 4.78 is 5.56. The van der Waals surface area contributed by atoms with Crippen molar-refractivity contribution in [3.05, 3.63) is 64.0 Å². The second-order valence-corrected chi connectivity index (χ2v) is 5.19. The molecule has 1 unspecified atom stereocenters. The number of amides is 1. The summed E-state index contributed by atoms with van der Waals surface area (Å²) in [6.45, 7) is 0.478. The normalized spacial score (nSPS) is 16.5. The molecule has 1 aliphatic heterocycles. The highest BCUT2D eigenvalue weighted by Crippen LogP contribution is 2.31. The summed E-state index contributed by atoms with van der Waals surface area (Å²) >= 11 is 1.65. The van der Waals surface area contributed by atoms with Crippen molar-refractivity contribution in [2.24, 2.45) is 0 Å². The molecule has 0 radical (unpaired) electrons. The number of ether oxygens (including phenoxy) is 1. The lowest BCUT2D eigenvalue weighted by molar-refractivity contribution is 0.0902. The van der Waals surface area contributed by atoms with Crippen LogP contribution in [0.1, 0.15) is 26.9 Å². The molecule has 0 fully saturated rings. The molecule has 96 valence electrons. The van der Waals surface area contributed by atoms with Gasteiger partial charge in [-0.2, -0.15) is 0 Å². The first kappa shape index (κ1) is 12.0. The molecule has 0 saturated heterocycles. The second-order valence-electron chi connectivity index (χ2n) is 4.24. The average Bonchev–Trinajstić information content (AvgIpc) is 2.94. The highest BCUT2D eigenvalue weighted by Gasteiger charge is 2.20.